The Balaban J connectivity index is 2.02. The normalized spacial score (nSPS) is 10.5. The summed E-state index contributed by atoms with van der Waals surface area (Å²) in [7, 11) is 2.03. The minimum atomic E-state index is 0.654. The Morgan fingerprint density at radius 1 is 1.11 bits per heavy atom. The average molecular weight is 276 g/mol. The minimum Gasteiger partial charge on any atom is -0.355 e. The third-order valence-corrected chi connectivity index (χ3v) is 3.22. The second-order valence-electron chi connectivity index (χ2n) is 4.55. The molecule has 1 aromatic heterocycles. The molecule has 0 atom stereocenters. The summed E-state index contributed by atoms with van der Waals surface area (Å²) < 4.78 is 0. The van der Waals surface area contributed by atoms with Crippen molar-refractivity contribution in [3.8, 4) is 0 Å². The van der Waals surface area contributed by atoms with Crippen LogP contribution in [-0.4, -0.2) is 18.6 Å². The fourth-order valence-corrected chi connectivity index (χ4v) is 2.03. The van der Waals surface area contributed by atoms with Gasteiger partial charge in [-0.05, 0) is 42.3 Å². The number of benzene rings is 1. The molecular formula is C15H18ClN3. The standard InChI is InChI=1S/C15H18ClN3/c1-19(11-13-2-5-14(16)6-3-13)15-7-4-12(8-9-17)10-18-15/h2-7,10H,8-9,11,17H2,1H3. The van der Waals surface area contributed by atoms with Crippen LogP contribution in [0.25, 0.3) is 0 Å². The zero-order valence-electron chi connectivity index (χ0n) is 11.0. The van der Waals surface area contributed by atoms with E-state index in [4.69, 9.17) is 17.3 Å². The number of pyridine rings is 1. The van der Waals surface area contributed by atoms with Crippen LogP contribution in [0.4, 0.5) is 5.82 Å². The van der Waals surface area contributed by atoms with Gasteiger partial charge in [-0.25, -0.2) is 4.98 Å². The highest BCUT2D eigenvalue weighted by atomic mass is 35.5. The van der Waals surface area contributed by atoms with Gasteiger partial charge < -0.3 is 10.6 Å². The molecule has 19 heavy (non-hydrogen) atoms. The third-order valence-electron chi connectivity index (χ3n) is 2.97. The maximum absolute atomic E-state index is 5.88. The maximum Gasteiger partial charge on any atom is 0.128 e. The molecule has 1 heterocycles. The number of anilines is 1. The molecule has 1 aromatic carbocycles. The molecule has 0 unspecified atom stereocenters. The van der Waals surface area contributed by atoms with E-state index in [2.05, 4.69) is 16.0 Å². The van der Waals surface area contributed by atoms with Crippen LogP contribution in [0.2, 0.25) is 5.02 Å². The number of hydrogen-bond acceptors (Lipinski definition) is 3. The molecule has 4 heteroatoms. The van der Waals surface area contributed by atoms with Crippen LogP contribution >= 0.6 is 11.6 Å². The van der Waals surface area contributed by atoms with E-state index in [0.717, 1.165) is 23.8 Å². The summed E-state index contributed by atoms with van der Waals surface area (Å²) in [5, 5.41) is 0.760. The highest BCUT2D eigenvalue weighted by molar-refractivity contribution is 6.30. The lowest BCUT2D eigenvalue weighted by molar-refractivity contribution is 0.889. The molecular weight excluding hydrogens is 258 g/mol. The highest BCUT2D eigenvalue weighted by Gasteiger charge is 2.03. The Bertz CT molecular complexity index is 508. The van der Waals surface area contributed by atoms with Crippen LogP contribution in [0.15, 0.2) is 42.6 Å². The Morgan fingerprint density at radius 3 is 2.37 bits per heavy atom. The van der Waals surface area contributed by atoms with E-state index < -0.39 is 0 Å². The van der Waals surface area contributed by atoms with Crippen molar-refractivity contribution < 1.29 is 0 Å². The summed E-state index contributed by atoms with van der Waals surface area (Å²) in [5.74, 6) is 0.954. The molecule has 0 aliphatic heterocycles. The molecule has 0 aliphatic carbocycles. The Morgan fingerprint density at radius 2 is 1.79 bits per heavy atom. The first-order valence-corrected chi connectivity index (χ1v) is 6.67. The van der Waals surface area contributed by atoms with Gasteiger partial charge in [0.1, 0.15) is 5.82 Å². The molecule has 2 rings (SSSR count). The SMILES string of the molecule is CN(Cc1ccc(Cl)cc1)c1ccc(CCN)cn1. The topological polar surface area (TPSA) is 42.1 Å². The first kappa shape index (κ1) is 13.8. The van der Waals surface area contributed by atoms with Crippen LogP contribution < -0.4 is 10.6 Å². The van der Waals surface area contributed by atoms with Crippen LogP contribution in [0, 0.1) is 0 Å². The summed E-state index contributed by atoms with van der Waals surface area (Å²) in [6.45, 7) is 1.46. The lowest BCUT2D eigenvalue weighted by atomic mass is 10.2. The van der Waals surface area contributed by atoms with E-state index in [-0.39, 0.29) is 0 Å². The van der Waals surface area contributed by atoms with Crippen molar-refractivity contribution in [1.29, 1.82) is 0 Å². The first-order chi connectivity index (χ1) is 9.19. The largest absolute Gasteiger partial charge is 0.355 e. The van der Waals surface area contributed by atoms with Gasteiger partial charge in [0, 0.05) is 24.8 Å². The number of hydrogen-bond donors (Lipinski definition) is 1. The zero-order valence-corrected chi connectivity index (χ0v) is 11.8. The smallest absolute Gasteiger partial charge is 0.128 e. The van der Waals surface area contributed by atoms with Gasteiger partial charge in [0.2, 0.25) is 0 Å². The number of nitrogens with two attached hydrogens (primary N) is 1. The highest BCUT2D eigenvalue weighted by Crippen LogP contribution is 2.15. The van der Waals surface area contributed by atoms with Crippen LogP contribution in [-0.2, 0) is 13.0 Å². The first-order valence-electron chi connectivity index (χ1n) is 6.29. The monoisotopic (exact) mass is 275 g/mol. The summed E-state index contributed by atoms with van der Waals surface area (Å²) in [4.78, 5) is 6.56. The molecule has 0 spiro atoms. The fourth-order valence-electron chi connectivity index (χ4n) is 1.90. The molecule has 3 nitrogen and oxygen atoms in total. The number of rotatable bonds is 5. The van der Waals surface area contributed by atoms with Gasteiger partial charge in [0.15, 0.2) is 0 Å². The number of nitrogens with zero attached hydrogens (tertiary/aromatic N) is 2. The summed E-state index contributed by atoms with van der Waals surface area (Å²) >= 11 is 5.88. The zero-order chi connectivity index (χ0) is 13.7. The summed E-state index contributed by atoms with van der Waals surface area (Å²) in [5.41, 5.74) is 7.90. The van der Waals surface area contributed by atoms with Crippen molar-refractivity contribution >= 4 is 17.4 Å². The number of halogens is 1. The summed E-state index contributed by atoms with van der Waals surface area (Å²) in [6, 6.07) is 12.0. The Labute approximate surface area is 119 Å². The molecule has 0 saturated carbocycles. The predicted molar refractivity (Wildman–Crippen MR) is 80.6 cm³/mol. The van der Waals surface area contributed by atoms with Gasteiger partial charge in [-0.1, -0.05) is 29.8 Å². The quantitative estimate of drug-likeness (QED) is 0.912. The van der Waals surface area contributed by atoms with Crippen LogP contribution in [0.1, 0.15) is 11.1 Å². The molecule has 0 fully saturated rings. The predicted octanol–water partition coefficient (Wildman–Crippen LogP) is 2.87. The molecule has 0 bridgehead atoms. The van der Waals surface area contributed by atoms with Gasteiger partial charge in [0.25, 0.3) is 0 Å². The van der Waals surface area contributed by atoms with Crippen LogP contribution in [0.5, 0.6) is 0 Å². The van der Waals surface area contributed by atoms with E-state index in [9.17, 15) is 0 Å². The van der Waals surface area contributed by atoms with Crippen molar-refractivity contribution in [2.75, 3.05) is 18.5 Å². The second kappa shape index (κ2) is 6.55. The number of aromatic nitrogens is 1. The van der Waals surface area contributed by atoms with Crippen molar-refractivity contribution in [2.24, 2.45) is 5.73 Å². The minimum absolute atomic E-state index is 0.654. The van der Waals surface area contributed by atoms with Crippen LogP contribution in [0.3, 0.4) is 0 Å². The van der Waals surface area contributed by atoms with Gasteiger partial charge in [-0.3, -0.25) is 0 Å². The molecule has 0 saturated heterocycles. The Hall–Kier alpha value is -1.58. The lowest BCUT2D eigenvalue weighted by Gasteiger charge is -2.18. The molecule has 2 aromatic rings. The van der Waals surface area contributed by atoms with Crippen molar-refractivity contribution in [3.05, 3.63) is 58.7 Å². The van der Waals surface area contributed by atoms with Gasteiger partial charge in [0.05, 0.1) is 0 Å². The summed E-state index contributed by atoms with van der Waals surface area (Å²) in [6.07, 6.45) is 2.76. The molecule has 0 aliphatic rings. The molecule has 2 N–H and O–H groups in total. The van der Waals surface area contributed by atoms with Crippen molar-refractivity contribution in [1.82, 2.24) is 4.98 Å². The fraction of sp³-hybridized carbons (Fsp3) is 0.267. The van der Waals surface area contributed by atoms with Crippen molar-refractivity contribution in [3.63, 3.8) is 0 Å². The van der Waals surface area contributed by atoms with Gasteiger partial charge in [-0.2, -0.15) is 0 Å². The maximum atomic E-state index is 5.88. The molecule has 0 amide bonds. The molecule has 0 radical (unpaired) electrons. The molecule has 100 valence electrons. The van der Waals surface area contributed by atoms with E-state index in [1.165, 1.54) is 11.1 Å². The lowest BCUT2D eigenvalue weighted by Crippen LogP contribution is -2.17. The van der Waals surface area contributed by atoms with Gasteiger partial charge >= 0.3 is 0 Å². The average Bonchev–Trinajstić information content (AvgIpc) is 2.42. The van der Waals surface area contributed by atoms with E-state index in [0.29, 0.717) is 6.54 Å². The second-order valence-corrected chi connectivity index (χ2v) is 4.98. The third kappa shape index (κ3) is 3.94. The Kier molecular flexibility index (Phi) is 4.77. The van der Waals surface area contributed by atoms with E-state index in [1.807, 2.05) is 43.6 Å². The van der Waals surface area contributed by atoms with E-state index >= 15 is 0 Å². The van der Waals surface area contributed by atoms with E-state index in [1.54, 1.807) is 0 Å². The van der Waals surface area contributed by atoms with Crippen molar-refractivity contribution in [2.45, 2.75) is 13.0 Å². The van der Waals surface area contributed by atoms with Gasteiger partial charge in [-0.15, -0.1) is 0 Å².